The number of aromatic nitrogens is 2. The van der Waals surface area contributed by atoms with Gasteiger partial charge in [0.25, 0.3) is 5.56 Å². The maximum Gasteiger partial charge on any atom is 0.328 e. The Morgan fingerprint density at radius 1 is 1.43 bits per heavy atom. The van der Waals surface area contributed by atoms with Gasteiger partial charge in [-0.05, 0) is 40.5 Å². The molecule has 2 aromatic rings. The summed E-state index contributed by atoms with van der Waals surface area (Å²) in [7, 11) is 0. The van der Waals surface area contributed by atoms with Crippen LogP contribution in [0.15, 0.2) is 38.5 Å². The normalized spacial score (nSPS) is 10.4. The first-order valence-corrected chi connectivity index (χ1v) is 6.82. The van der Waals surface area contributed by atoms with E-state index < -0.39 is 17.2 Å². The van der Waals surface area contributed by atoms with Crippen LogP contribution in [0.3, 0.4) is 0 Å². The highest BCUT2D eigenvalue weighted by molar-refractivity contribution is 9.10. The van der Waals surface area contributed by atoms with E-state index in [0.29, 0.717) is 11.4 Å². The number of nitrogens with one attached hydrogen (secondary N) is 2. The van der Waals surface area contributed by atoms with Crippen LogP contribution in [-0.4, -0.2) is 15.5 Å². The van der Waals surface area contributed by atoms with Gasteiger partial charge < -0.3 is 11.1 Å². The van der Waals surface area contributed by atoms with Crippen LogP contribution in [0.4, 0.5) is 11.4 Å². The molecule has 0 aliphatic rings. The number of amides is 1. The van der Waals surface area contributed by atoms with E-state index in [0.717, 1.165) is 10.1 Å². The molecule has 2 rings (SSSR count). The SMILES string of the molecule is Cc1c(N)cccc1NC(=O)Cn1cc(Br)c(=O)[nH]c1=O. The van der Waals surface area contributed by atoms with Gasteiger partial charge >= 0.3 is 5.69 Å². The third kappa shape index (κ3) is 3.40. The average Bonchev–Trinajstić information content (AvgIpc) is 2.41. The number of carbonyl (C=O) groups is 1. The van der Waals surface area contributed by atoms with Crippen molar-refractivity contribution < 1.29 is 4.79 Å². The van der Waals surface area contributed by atoms with E-state index in [1.54, 1.807) is 25.1 Å². The molecule has 1 heterocycles. The molecule has 0 atom stereocenters. The number of aromatic amines is 1. The van der Waals surface area contributed by atoms with Crippen molar-refractivity contribution in [2.24, 2.45) is 0 Å². The molecule has 0 radical (unpaired) electrons. The molecule has 1 amide bonds. The van der Waals surface area contributed by atoms with Gasteiger partial charge in [0.05, 0.1) is 4.47 Å². The Labute approximate surface area is 127 Å². The van der Waals surface area contributed by atoms with Gasteiger partial charge in [-0.1, -0.05) is 6.07 Å². The predicted octanol–water partition coefficient (Wildman–Crippen LogP) is 0.828. The van der Waals surface area contributed by atoms with Crippen LogP contribution >= 0.6 is 15.9 Å². The number of hydrogen-bond acceptors (Lipinski definition) is 4. The highest BCUT2D eigenvalue weighted by atomic mass is 79.9. The number of carbonyl (C=O) groups excluding carboxylic acids is 1. The Balaban J connectivity index is 2.19. The van der Waals surface area contributed by atoms with Gasteiger partial charge in [-0.15, -0.1) is 0 Å². The lowest BCUT2D eigenvalue weighted by Gasteiger charge is -2.11. The minimum Gasteiger partial charge on any atom is -0.398 e. The molecule has 8 heteroatoms. The first-order chi connectivity index (χ1) is 9.88. The lowest BCUT2D eigenvalue weighted by Crippen LogP contribution is -2.33. The van der Waals surface area contributed by atoms with E-state index in [-0.39, 0.29) is 11.0 Å². The highest BCUT2D eigenvalue weighted by Crippen LogP contribution is 2.20. The van der Waals surface area contributed by atoms with Gasteiger partial charge in [0.2, 0.25) is 5.91 Å². The zero-order chi connectivity index (χ0) is 15.6. The summed E-state index contributed by atoms with van der Waals surface area (Å²) in [5.74, 6) is -0.398. The lowest BCUT2D eigenvalue weighted by atomic mass is 10.1. The standard InChI is InChI=1S/C13H13BrN4O3/c1-7-9(15)3-2-4-10(7)16-11(19)6-18-5-8(14)12(20)17-13(18)21/h2-5H,6,15H2,1H3,(H,16,19)(H,17,20,21). The van der Waals surface area contributed by atoms with Crippen LogP contribution in [0.25, 0.3) is 0 Å². The van der Waals surface area contributed by atoms with Crippen molar-refractivity contribution in [1.29, 1.82) is 0 Å². The summed E-state index contributed by atoms with van der Waals surface area (Å²) >= 11 is 3.01. The lowest BCUT2D eigenvalue weighted by molar-refractivity contribution is -0.116. The monoisotopic (exact) mass is 352 g/mol. The number of benzene rings is 1. The van der Waals surface area contributed by atoms with Gasteiger partial charge in [-0.25, -0.2) is 4.79 Å². The van der Waals surface area contributed by atoms with Gasteiger partial charge in [-0.2, -0.15) is 0 Å². The maximum absolute atomic E-state index is 12.0. The zero-order valence-electron chi connectivity index (χ0n) is 11.1. The molecule has 4 N–H and O–H groups in total. The first-order valence-electron chi connectivity index (χ1n) is 6.02. The number of rotatable bonds is 3. The summed E-state index contributed by atoms with van der Waals surface area (Å²) in [5, 5.41) is 2.67. The molecule has 0 saturated carbocycles. The van der Waals surface area contributed by atoms with Gasteiger partial charge in [0, 0.05) is 17.6 Å². The van der Waals surface area contributed by atoms with Crippen LogP contribution in [0.1, 0.15) is 5.56 Å². The van der Waals surface area contributed by atoms with E-state index in [2.05, 4.69) is 26.2 Å². The summed E-state index contributed by atoms with van der Waals surface area (Å²) in [6.07, 6.45) is 1.27. The summed E-state index contributed by atoms with van der Waals surface area (Å²) in [4.78, 5) is 36.9. The summed E-state index contributed by atoms with van der Waals surface area (Å²) in [6.45, 7) is 1.57. The van der Waals surface area contributed by atoms with Crippen LogP contribution in [-0.2, 0) is 11.3 Å². The second-order valence-electron chi connectivity index (χ2n) is 4.43. The van der Waals surface area contributed by atoms with E-state index >= 15 is 0 Å². The summed E-state index contributed by atoms with van der Waals surface area (Å²) < 4.78 is 1.28. The molecule has 1 aromatic heterocycles. The van der Waals surface area contributed by atoms with Crippen molar-refractivity contribution in [3.63, 3.8) is 0 Å². The van der Waals surface area contributed by atoms with E-state index in [1.165, 1.54) is 6.20 Å². The molecule has 0 spiro atoms. The van der Waals surface area contributed by atoms with Crippen LogP contribution < -0.4 is 22.3 Å². The molecule has 0 saturated heterocycles. The smallest absolute Gasteiger partial charge is 0.328 e. The van der Waals surface area contributed by atoms with Crippen molar-refractivity contribution in [3.05, 3.63) is 55.3 Å². The fourth-order valence-electron chi connectivity index (χ4n) is 1.73. The fraction of sp³-hybridized carbons (Fsp3) is 0.154. The van der Waals surface area contributed by atoms with Crippen LogP contribution in [0.5, 0.6) is 0 Å². The number of H-pyrrole nitrogens is 1. The second kappa shape index (κ2) is 5.96. The summed E-state index contributed by atoms with van der Waals surface area (Å²) in [5.41, 5.74) is 6.47. The molecule has 110 valence electrons. The minimum absolute atomic E-state index is 0.176. The van der Waals surface area contributed by atoms with Gasteiger partial charge in [0.15, 0.2) is 0 Å². The van der Waals surface area contributed by atoms with Crippen LogP contribution in [0.2, 0.25) is 0 Å². The number of nitrogen functional groups attached to an aromatic ring is 1. The van der Waals surface area contributed by atoms with E-state index in [1.807, 2.05) is 0 Å². The van der Waals surface area contributed by atoms with Crippen molar-refractivity contribution in [3.8, 4) is 0 Å². The number of halogens is 1. The number of anilines is 2. The highest BCUT2D eigenvalue weighted by Gasteiger charge is 2.09. The Hall–Kier alpha value is -2.35. The molecule has 0 aliphatic heterocycles. The molecule has 0 aliphatic carbocycles. The Morgan fingerprint density at radius 3 is 2.86 bits per heavy atom. The van der Waals surface area contributed by atoms with Crippen molar-refractivity contribution in [2.45, 2.75) is 13.5 Å². The molecular weight excluding hydrogens is 340 g/mol. The van der Waals surface area contributed by atoms with Gasteiger partial charge in [0.1, 0.15) is 6.54 Å². The quantitative estimate of drug-likeness (QED) is 0.710. The zero-order valence-corrected chi connectivity index (χ0v) is 12.7. The predicted molar refractivity (Wildman–Crippen MR) is 83.2 cm³/mol. The third-order valence-electron chi connectivity index (χ3n) is 2.93. The first kappa shape index (κ1) is 15.0. The second-order valence-corrected chi connectivity index (χ2v) is 5.29. The minimum atomic E-state index is -0.650. The van der Waals surface area contributed by atoms with Gasteiger partial charge in [-0.3, -0.25) is 19.1 Å². The molecule has 0 bridgehead atoms. The van der Waals surface area contributed by atoms with E-state index in [9.17, 15) is 14.4 Å². The molecule has 21 heavy (non-hydrogen) atoms. The van der Waals surface area contributed by atoms with Crippen molar-refractivity contribution in [1.82, 2.24) is 9.55 Å². The molecule has 1 aromatic carbocycles. The fourth-order valence-corrected chi connectivity index (χ4v) is 2.08. The number of hydrogen-bond donors (Lipinski definition) is 3. The topological polar surface area (TPSA) is 110 Å². The van der Waals surface area contributed by atoms with Crippen molar-refractivity contribution >= 4 is 33.2 Å². The Kier molecular flexibility index (Phi) is 4.27. The molecular formula is C13H13BrN4O3. The summed E-state index contributed by atoms with van der Waals surface area (Å²) in [6, 6.07) is 5.17. The Morgan fingerprint density at radius 2 is 2.14 bits per heavy atom. The number of nitrogens with two attached hydrogens (primary N) is 1. The molecule has 0 unspecified atom stereocenters. The third-order valence-corrected chi connectivity index (χ3v) is 3.50. The van der Waals surface area contributed by atoms with Crippen molar-refractivity contribution in [2.75, 3.05) is 11.1 Å². The number of nitrogens with zero attached hydrogens (tertiary/aromatic N) is 1. The van der Waals surface area contributed by atoms with E-state index in [4.69, 9.17) is 5.73 Å². The maximum atomic E-state index is 12.0. The largest absolute Gasteiger partial charge is 0.398 e. The van der Waals surface area contributed by atoms with Crippen LogP contribution in [0, 0.1) is 6.92 Å². The molecule has 0 fully saturated rings. The molecule has 7 nitrogen and oxygen atoms in total. The Bertz CT molecular complexity index is 810. The average molecular weight is 353 g/mol.